The number of hydrogen-bond donors (Lipinski definition) is 1. The van der Waals surface area contributed by atoms with Crippen molar-refractivity contribution in [3.05, 3.63) is 22.4 Å². The Balaban J connectivity index is 2.18. The van der Waals surface area contributed by atoms with E-state index in [4.69, 9.17) is 0 Å². The van der Waals surface area contributed by atoms with Gasteiger partial charge in [0.2, 0.25) is 0 Å². The third-order valence-electron chi connectivity index (χ3n) is 3.67. The third-order valence-corrected chi connectivity index (χ3v) is 4.11. The molecule has 2 heterocycles. The van der Waals surface area contributed by atoms with Gasteiger partial charge in [-0.05, 0) is 55.1 Å². The van der Waals surface area contributed by atoms with Crippen LogP contribution in [0.5, 0.6) is 0 Å². The van der Waals surface area contributed by atoms with Gasteiger partial charge in [0.05, 0.1) is 6.10 Å². The maximum atomic E-state index is 12.6. The maximum Gasteiger partial charge on any atom is 0.270 e. The van der Waals surface area contributed by atoms with Crippen molar-refractivity contribution in [2.24, 2.45) is 0 Å². The minimum absolute atomic E-state index is 0.0794. The van der Waals surface area contributed by atoms with Crippen LogP contribution >= 0.6 is 15.9 Å². The Labute approximate surface area is 122 Å². The Morgan fingerprint density at radius 1 is 1.63 bits per heavy atom. The van der Waals surface area contributed by atoms with E-state index in [0.29, 0.717) is 6.42 Å². The Hall–Kier alpha value is -0.810. The fourth-order valence-corrected chi connectivity index (χ4v) is 3.27. The summed E-state index contributed by atoms with van der Waals surface area (Å²) < 4.78 is 2.90. The fourth-order valence-electron chi connectivity index (χ4n) is 2.80. The lowest BCUT2D eigenvalue weighted by Gasteiger charge is -2.26. The van der Waals surface area contributed by atoms with E-state index >= 15 is 0 Å². The number of aliphatic hydroxyl groups is 1. The van der Waals surface area contributed by atoms with Crippen LogP contribution in [0.4, 0.5) is 0 Å². The first-order valence-corrected chi connectivity index (χ1v) is 7.67. The molecule has 5 heteroatoms. The fraction of sp³-hybridized carbons (Fsp3) is 0.643. The molecule has 0 aliphatic carbocycles. The van der Waals surface area contributed by atoms with Gasteiger partial charge in [0.15, 0.2) is 0 Å². The van der Waals surface area contributed by atoms with Crippen molar-refractivity contribution in [3.63, 3.8) is 0 Å². The summed E-state index contributed by atoms with van der Waals surface area (Å²) in [7, 11) is 0. The molecule has 0 bridgehead atoms. The highest BCUT2D eigenvalue weighted by Crippen LogP contribution is 2.25. The summed E-state index contributed by atoms with van der Waals surface area (Å²) in [5.41, 5.74) is 0.729. The van der Waals surface area contributed by atoms with Crippen LogP contribution in [0.15, 0.2) is 16.7 Å². The molecule has 1 fully saturated rings. The molecule has 4 nitrogen and oxygen atoms in total. The highest BCUT2D eigenvalue weighted by atomic mass is 79.9. The topological polar surface area (TPSA) is 45.5 Å². The van der Waals surface area contributed by atoms with Crippen LogP contribution in [0.1, 0.15) is 43.6 Å². The van der Waals surface area contributed by atoms with Crippen LogP contribution in [0, 0.1) is 0 Å². The van der Waals surface area contributed by atoms with E-state index in [0.717, 1.165) is 36.1 Å². The minimum Gasteiger partial charge on any atom is -0.393 e. The van der Waals surface area contributed by atoms with Crippen molar-refractivity contribution in [2.45, 2.75) is 51.8 Å². The molecule has 1 aromatic heterocycles. The van der Waals surface area contributed by atoms with Gasteiger partial charge in [-0.3, -0.25) is 4.79 Å². The third kappa shape index (κ3) is 3.20. The van der Waals surface area contributed by atoms with E-state index in [1.165, 1.54) is 0 Å². The molecule has 1 aliphatic rings. The van der Waals surface area contributed by atoms with Gasteiger partial charge < -0.3 is 14.6 Å². The number of hydrogen-bond acceptors (Lipinski definition) is 2. The number of halogens is 1. The molecule has 0 spiro atoms. The lowest BCUT2D eigenvalue weighted by atomic mass is 10.1. The molecule has 1 aromatic rings. The maximum absolute atomic E-state index is 12.6. The van der Waals surface area contributed by atoms with E-state index in [-0.39, 0.29) is 18.1 Å². The van der Waals surface area contributed by atoms with Crippen molar-refractivity contribution < 1.29 is 9.90 Å². The normalized spacial score (nSPS) is 20.8. The highest BCUT2D eigenvalue weighted by Gasteiger charge is 2.31. The first-order valence-electron chi connectivity index (χ1n) is 6.87. The van der Waals surface area contributed by atoms with E-state index in [2.05, 4.69) is 15.9 Å². The van der Waals surface area contributed by atoms with Crippen LogP contribution in [0.2, 0.25) is 0 Å². The molecule has 106 valence electrons. The zero-order chi connectivity index (χ0) is 14.0. The molecule has 0 aromatic carbocycles. The molecule has 2 rings (SSSR count). The number of aliphatic hydroxyl groups excluding tert-OH is 1. The van der Waals surface area contributed by atoms with Crippen LogP contribution in [0.3, 0.4) is 0 Å². The van der Waals surface area contributed by atoms with Crippen molar-refractivity contribution >= 4 is 21.8 Å². The summed E-state index contributed by atoms with van der Waals surface area (Å²) in [6, 6.07) is 2.05. The van der Waals surface area contributed by atoms with Crippen molar-refractivity contribution in [1.29, 1.82) is 0 Å². The predicted molar refractivity (Wildman–Crippen MR) is 78.2 cm³/mol. The van der Waals surface area contributed by atoms with Crippen molar-refractivity contribution in [2.75, 3.05) is 6.54 Å². The number of amides is 1. The van der Waals surface area contributed by atoms with E-state index < -0.39 is 0 Å². The number of likely N-dealkylation sites (tertiary alicyclic amines) is 1. The van der Waals surface area contributed by atoms with Gasteiger partial charge in [-0.15, -0.1) is 0 Å². The Kier molecular flexibility index (Phi) is 4.68. The van der Waals surface area contributed by atoms with E-state index in [1.807, 2.05) is 28.7 Å². The molecule has 2 unspecified atom stereocenters. The second-order valence-corrected chi connectivity index (χ2v) is 6.12. The summed E-state index contributed by atoms with van der Waals surface area (Å²) in [6.07, 6.45) is 4.26. The van der Waals surface area contributed by atoms with Crippen LogP contribution in [-0.2, 0) is 6.54 Å². The monoisotopic (exact) mass is 328 g/mol. The van der Waals surface area contributed by atoms with Gasteiger partial charge in [-0.25, -0.2) is 0 Å². The van der Waals surface area contributed by atoms with Gasteiger partial charge in [0, 0.05) is 29.8 Å². The molecule has 19 heavy (non-hydrogen) atoms. The molecule has 0 radical (unpaired) electrons. The molecule has 1 N–H and O–H groups in total. The number of carbonyl (C=O) groups is 1. The lowest BCUT2D eigenvalue weighted by molar-refractivity contribution is 0.0671. The number of aromatic nitrogens is 1. The first-order chi connectivity index (χ1) is 9.02. The second kappa shape index (κ2) is 6.09. The average molecular weight is 329 g/mol. The molecule has 2 atom stereocenters. The average Bonchev–Trinajstić information content (AvgIpc) is 2.94. The summed E-state index contributed by atoms with van der Waals surface area (Å²) in [5.74, 6) is 0.0794. The Morgan fingerprint density at radius 3 is 3.00 bits per heavy atom. The van der Waals surface area contributed by atoms with E-state index in [9.17, 15) is 9.90 Å². The standard InChI is InChI=1S/C14H21BrN2O2/c1-3-16-9-11(15)8-13(16)14(19)17-6-4-5-12(17)7-10(2)18/h8-10,12,18H,3-7H2,1-2H3. The molecular formula is C14H21BrN2O2. The summed E-state index contributed by atoms with van der Waals surface area (Å²) in [5, 5.41) is 9.54. The highest BCUT2D eigenvalue weighted by molar-refractivity contribution is 9.10. The van der Waals surface area contributed by atoms with Gasteiger partial charge in [-0.2, -0.15) is 0 Å². The van der Waals surface area contributed by atoms with Gasteiger partial charge in [0.25, 0.3) is 5.91 Å². The second-order valence-electron chi connectivity index (χ2n) is 5.21. The molecular weight excluding hydrogens is 308 g/mol. The van der Waals surface area contributed by atoms with Gasteiger partial charge in [0.1, 0.15) is 5.69 Å². The SMILES string of the molecule is CCn1cc(Br)cc1C(=O)N1CCCC1CC(C)O. The molecule has 1 aliphatic heterocycles. The van der Waals surface area contributed by atoms with Gasteiger partial charge in [-0.1, -0.05) is 0 Å². The largest absolute Gasteiger partial charge is 0.393 e. The van der Waals surface area contributed by atoms with Gasteiger partial charge >= 0.3 is 0 Å². The summed E-state index contributed by atoms with van der Waals surface area (Å²) in [4.78, 5) is 14.6. The Morgan fingerprint density at radius 2 is 2.37 bits per heavy atom. The number of nitrogens with zero attached hydrogens (tertiary/aromatic N) is 2. The number of rotatable bonds is 4. The van der Waals surface area contributed by atoms with E-state index in [1.54, 1.807) is 6.92 Å². The number of carbonyl (C=O) groups excluding carboxylic acids is 1. The lowest BCUT2D eigenvalue weighted by Crippen LogP contribution is -2.38. The van der Waals surface area contributed by atoms with Crippen LogP contribution in [-0.4, -0.2) is 39.2 Å². The van der Waals surface area contributed by atoms with Crippen LogP contribution in [0.25, 0.3) is 0 Å². The zero-order valence-corrected chi connectivity index (χ0v) is 13.1. The molecule has 0 saturated carbocycles. The minimum atomic E-state index is -0.358. The first kappa shape index (κ1) is 14.6. The smallest absolute Gasteiger partial charge is 0.270 e. The molecule has 1 amide bonds. The van der Waals surface area contributed by atoms with Crippen molar-refractivity contribution in [1.82, 2.24) is 9.47 Å². The quantitative estimate of drug-likeness (QED) is 0.923. The van der Waals surface area contributed by atoms with Crippen molar-refractivity contribution in [3.8, 4) is 0 Å². The predicted octanol–water partition coefficient (Wildman–Crippen LogP) is 2.65. The number of aryl methyl sites for hydroxylation is 1. The summed E-state index contributed by atoms with van der Waals surface area (Å²) in [6.45, 7) is 5.39. The Bertz CT molecular complexity index is 456. The van der Waals surface area contributed by atoms with Crippen LogP contribution < -0.4 is 0 Å². The summed E-state index contributed by atoms with van der Waals surface area (Å²) >= 11 is 3.42. The molecule has 1 saturated heterocycles. The zero-order valence-electron chi connectivity index (χ0n) is 11.5.